The summed E-state index contributed by atoms with van der Waals surface area (Å²) in [7, 11) is 0. The minimum absolute atomic E-state index is 0.733. The second-order valence-electron chi connectivity index (χ2n) is 6.81. The largest absolute Gasteiger partial charge is 0.314 e. The third kappa shape index (κ3) is 3.49. The Morgan fingerprint density at radius 2 is 2.05 bits per heavy atom. The number of hydrogen-bond donors (Lipinski definition) is 1. The molecular formula is C19H30N2. The van der Waals surface area contributed by atoms with Crippen LogP contribution >= 0.6 is 0 Å². The van der Waals surface area contributed by atoms with E-state index in [2.05, 4.69) is 42.3 Å². The maximum absolute atomic E-state index is 3.68. The summed E-state index contributed by atoms with van der Waals surface area (Å²) in [6.45, 7) is 9.31. The lowest BCUT2D eigenvalue weighted by Gasteiger charge is -2.38. The first-order valence-corrected chi connectivity index (χ1v) is 8.86. The van der Waals surface area contributed by atoms with Gasteiger partial charge in [0.1, 0.15) is 0 Å². The monoisotopic (exact) mass is 286 g/mol. The number of benzene rings is 1. The van der Waals surface area contributed by atoms with Crippen molar-refractivity contribution in [3.63, 3.8) is 0 Å². The molecule has 2 heteroatoms. The van der Waals surface area contributed by atoms with E-state index in [1.165, 1.54) is 50.8 Å². The van der Waals surface area contributed by atoms with Crippen molar-refractivity contribution in [3.8, 4) is 0 Å². The zero-order valence-corrected chi connectivity index (χ0v) is 13.7. The van der Waals surface area contributed by atoms with Crippen molar-refractivity contribution in [3.05, 3.63) is 34.9 Å². The number of nitrogens with one attached hydrogen (secondary N) is 1. The van der Waals surface area contributed by atoms with E-state index in [4.69, 9.17) is 0 Å². The van der Waals surface area contributed by atoms with Gasteiger partial charge in [-0.05, 0) is 61.4 Å². The van der Waals surface area contributed by atoms with E-state index < -0.39 is 0 Å². The Kier molecular flexibility index (Phi) is 4.97. The van der Waals surface area contributed by atoms with Gasteiger partial charge < -0.3 is 5.32 Å². The Bertz CT molecular complexity index is 469. The van der Waals surface area contributed by atoms with Gasteiger partial charge in [-0.3, -0.25) is 4.90 Å². The average molecular weight is 286 g/mol. The number of fused-ring (bicyclic) bond motifs is 1. The Labute approximate surface area is 129 Å². The van der Waals surface area contributed by atoms with Gasteiger partial charge in [0.15, 0.2) is 0 Å². The average Bonchev–Trinajstić information content (AvgIpc) is 2.96. The molecule has 1 aromatic carbocycles. The number of rotatable bonds is 5. The number of piperidine rings is 1. The van der Waals surface area contributed by atoms with Crippen LogP contribution in [0.5, 0.6) is 0 Å². The molecule has 1 aromatic rings. The molecule has 0 saturated carbocycles. The molecule has 2 aliphatic rings. The van der Waals surface area contributed by atoms with E-state index in [9.17, 15) is 0 Å². The zero-order chi connectivity index (χ0) is 14.7. The summed E-state index contributed by atoms with van der Waals surface area (Å²) in [6, 6.07) is 7.94. The maximum atomic E-state index is 3.68. The van der Waals surface area contributed by atoms with Gasteiger partial charge in [-0.1, -0.05) is 38.5 Å². The first kappa shape index (κ1) is 15.1. The normalized spacial score (nSPS) is 26.0. The van der Waals surface area contributed by atoms with Crippen LogP contribution in [-0.2, 0) is 19.4 Å². The summed E-state index contributed by atoms with van der Waals surface area (Å²) in [4.78, 5) is 2.67. The Balaban J connectivity index is 1.61. The van der Waals surface area contributed by atoms with Crippen LogP contribution in [0, 0.1) is 5.92 Å². The molecule has 1 heterocycles. The molecule has 0 radical (unpaired) electrons. The van der Waals surface area contributed by atoms with E-state index in [1.807, 2.05) is 0 Å². The summed E-state index contributed by atoms with van der Waals surface area (Å²) >= 11 is 0. The van der Waals surface area contributed by atoms with Gasteiger partial charge in [0, 0.05) is 19.1 Å². The summed E-state index contributed by atoms with van der Waals surface area (Å²) in [5, 5.41) is 3.68. The summed E-state index contributed by atoms with van der Waals surface area (Å²) < 4.78 is 0. The highest BCUT2D eigenvalue weighted by atomic mass is 15.1. The number of hydrogen-bond acceptors (Lipinski definition) is 2. The van der Waals surface area contributed by atoms with Crippen molar-refractivity contribution in [2.75, 3.05) is 19.6 Å². The van der Waals surface area contributed by atoms with Crippen molar-refractivity contribution in [2.45, 2.75) is 58.5 Å². The molecule has 21 heavy (non-hydrogen) atoms. The molecule has 0 spiro atoms. The highest BCUT2D eigenvalue weighted by Gasteiger charge is 2.27. The van der Waals surface area contributed by atoms with Gasteiger partial charge in [-0.15, -0.1) is 0 Å². The molecule has 116 valence electrons. The van der Waals surface area contributed by atoms with Crippen LogP contribution in [0.4, 0.5) is 0 Å². The fraction of sp³-hybridized carbons (Fsp3) is 0.684. The zero-order valence-electron chi connectivity index (χ0n) is 13.7. The molecule has 1 aliphatic carbocycles. The lowest BCUT2D eigenvalue weighted by molar-refractivity contribution is 0.129. The van der Waals surface area contributed by atoms with Gasteiger partial charge in [-0.25, -0.2) is 0 Å². The van der Waals surface area contributed by atoms with Gasteiger partial charge in [-0.2, -0.15) is 0 Å². The maximum Gasteiger partial charge on any atom is 0.0233 e. The van der Waals surface area contributed by atoms with Crippen LogP contribution in [0.15, 0.2) is 18.2 Å². The van der Waals surface area contributed by atoms with Gasteiger partial charge >= 0.3 is 0 Å². The van der Waals surface area contributed by atoms with E-state index in [1.54, 1.807) is 11.1 Å². The quantitative estimate of drug-likeness (QED) is 0.892. The lowest BCUT2D eigenvalue weighted by Crippen LogP contribution is -2.48. The predicted octanol–water partition coefficient (Wildman–Crippen LogP) is 3.39. The highest BCUT2D eigenvalue weighted by molar-refractivity contribution is 5.35. The Morgan fingerprint density at radius 3 is 2.86 bits per heavy atom. The third-order valence-corrected chi connectivity index (χ3v) is 5.38. The molecule has 1 aliphatic heterocycles. The van der Waals surface area contributed by atoms with Crippen molar-refractivity contribution in [1.82, 2.24) is 10.2 Å². The Hall–Kier alpha value is -0.860. The van der Waals surface area contributed by atoms with Crippen LogP contribution < -0.4 is 5.32 Å². The minimum Gasteiger partial charge on any atom is -0.314 e. The third-order valence-electron chi connectivity index (χ3n) is 5.38. The molecule has 0 aromatic heterocycles. The van der Waals surface area contributed by atoms with Gasteiger partial charge in [0.25, 0.3) is 0 Å². The van der Waals surface area contributed by atoms with Crippen LogP contribution in [0.25, 0.3) is 0 Å². The molecular weight excluding hydrogens is 256 g/mol. The number of nitrogens with zero attached hydrogens (tertiary/aromatic N) is 1. The molecule has 0 bridgehead atoms. The van der Waals surface area contributed by atoms with Crippen molar-refractivity contribution < 1.29 is 0 Å². The van der Waals surface area contributed by atoms with Crippen LogP contribution in [0.3, 0.4) is 0 Å². The fourth-order valence-electron chi connectivity index (χ4n) is 4.18. The van der Waals surface area contributed by atoms with E-state index in [0.29, 0.717) is 0 Å². The molecule has 3 rings (SSSR count). The first-order chi connectivity index (χ1) is 10.3. The fourth-order valence-corrected chi connectivity index (χ4v) is 4.18. The van der Waals surface area contributed by atoms with Crippen molar-refractivity contribution >= 4 is 0 Å². The predicted molar refractivity (Wildman–Crippen MR) is 89.6 cm³/mol. The minimum atomic E-state index is 0.733. The molecule has 1 saturated heterocycles. The SMILES string of the molecule is CCNC1CCN(Cc2ccc3c(c2)CCC3)CC1CC. The second-order valence-corrected chi connectivity index (χ2v) is 6.81. The lowest BCUT2D eigenvalue weighted by atomic mass is 9.89. The van der Waals surface area contributed by atoms with Gasteiger partial charge in [0.05, 0.1) is 0 Å². The number of likely N-dealkylation sites (tertiary alicyclic amines) is 1. The smallest absolute Gasteiger partial charge is 0.0233 e. The molecule has 1 N–H and O–H groups in total. The summed E-state index contributed by atoms with van der Waals surface area (Å²) in [6.07, 6.45) is 6.53. The van der Waals surface area contributed by atoms with E-state index in [0.717, 1.165) is 25.0 Å². The summed E-state index contributed by atoms with van der Waals surface area (Å²) in [5.41, 5.74) is 4.73. The van der Waals surface area contributed by atoms with Crippen LogP contribution in [0.2, 0.25) is 0 Å². The summed E-state index contributed by atoms with van der Waals surface area (Å²) in [5.74, 6) is 0.813. The molecule has 2 atom stereocenters. The molecule has 0 amide bonds. The van der Waals surface area contributed by atoms with Crippen molar-refractivity contribution in [1.29, 1.82) is 0 Å². The van der Waals surface area contributed by atoms with Crippen LogP contribution in [0.1, 0.15) is 49.8 Å². The molecule has 1 fully saturated rings. The van der Waals surface area contributed by atoms with Crippen molar-refractivity contribution in [2.24, 2.45) is 5.92 Å². The highest BCUT2D eigenvalue weighted by Crippen LogP contribution is 2.25. The molecule has 2 nitrogen and oxygen atoms in total. The standard InChI is InChI=1S/C19H30N2/c1-3-16-14-21(11-10-19(16)20-4-2)13-15-8-9-17-6-5-7-18(17)12-15/h8-9,12,16,19-20H,3-7,10-11,13-14H2,1-2H3. The Morgan fingerprint density at radius 1 is 1.19 bits per heavy atom. The molecule has 2 unspecified atom stereocenters. The van der Waals surface area contributed by atoms with E-state index >= 15 is 0 Å². The van der Waals surface area contributed by atoms with Crippen LogP contribution in [-0.4, -0.2) is 30.6 Å². The topological polar surface area (TPSA) is 15.3 Å². The first-order valence-electron chi connectivity index (χ1n) is 8.86. The number of aryl methyl sites for hydroxylation is 2. The van der Waals surface area contributed by atoms with E-state index in [-0.39, 0.29) is 0 Å². The second kappa shape index (κ2) is 6.93. The van der Waals surface area contributed by atoms with Gasteiger partial charge in [0.2, 0.25) is 0 Å².